The van der Waals surface area contributed by atoms with Gasteiger partial charge >= 0.3 is 0 Å². The van der Waals surface area contributed by atoms with Crippen molar-refractivity contribution in [2.45, 2.75) is 33.1 Å². The Bertz CT molecular complexity index is 1150. The zero-order valence-electron chi connectivity index (χ0n) is 17.3. The number of carbonyl (C=O) groups excluding carboxylic acids is 3. The molecular formula is C24H22FN3O3. The number of hydrogen-bond donors (Lipinski definition) is 1. The summed E-state index contributed by atoms with van der Waals surface area (Å²) in [7, 11) is 0. The van der Waals surface area contributed by atoms with Gasteiger partial charge in [-0.15, -0.1) is 0 Å². The summed E-state index contributed by atoms with van der Waals surface area (Å²) in [6.45, 7) is 3.72. The first kappa shape index (κ1) is 20.5. The van der Waals surface area contributed by atoms with Crippen molar-refractivity contribution in [3.8, 4) is 5.69 Å². The van der Waals surface area contributed by atoms with Crippen LogP contribution in [0, 0.1) is 19.7 Å². The number of nitrogens with one attached hydrogen (secondary N) is 1. The van der Waals surface area contributed by atoms with Gasteiger partial charge in [0.15, 0.2) is 0 Å². The highest BCUT2D eigenvalue weighted by Gasteiger charge is 2.27. The second kappa shape index (κ2) is 8.18. The standard InChI is InChI=1S/C24H22FN3O3/c1-15-14-21(16(2)27(15)19-10-6-17(25)7-11-19)24(31)26-18-8-12-20(13-9-18)28-22(29)4-3-5-23(28)30/h6-14H,3-5H2,1-2H3,(H,26,31). The lowest BCUT2D eigenvalue weighted by atomic mass is 10.1. The van der Waals surface area contributed by atoms with Crippen molar-refractivity contribution in [3.05, 3.63) is 77.4 Å². The number of carbonyl (C=O) groups is 3. The minimum Gasteiger partial charge on any atom is -0.322 e. The number of hydrogen-bond acceptors (Lipinski definition) is 3. The summed E-state index contributed by atoms with van der Waals surface area (Å²) < 4.78 is 15.1. The Hall–Kier alpha value is -3.74. The first-order valence-electron chi connectivity index (χ1n) is 10.1. The maximum absolute atomic E-state index is 13.3. The highest BCUT2D eigenvalue weighted by Crippen LogP contribution is 2.25. The van der Waals surface area contributed by atoms with Crippen LogP contribution in [0.3, 0.4) is 0 Å². The van der Waals surface area contributed by atoms with Crippen molar-refractivity contribution in [2.75, 3.05) is 10.2 Å². The second-order valence-electron chi connectivity index (χ2n) is 7.57. The molecule has 31 heavy (non-hydrogen) atoms. The van der Waals surface area contributed by atoms with Gasteiger partial charge in [0.1, 0.15) is 5.82 Å². The van der Waals surface area contributed by atoms with Crippen LogP contribution in [0.15, 0.2) is 54.6 Å². The van der Waals surface area contributed by atoms with Crippen molar-refractivity contribution in [2.24, 2.45) is 0 Å². The Morgan fingerprint density at radius 1 is 0.903 bits per heavy atom. The molecule has 1 saturated heterocycles. The molecule has 1 N–H and O–H groups in total. The van der Waals surface area contributed by atoms with Crippen LogP contribution in [-0.4, -0.2) is 22.3 Å². The van der Waals surface area contributed by atoms with Crippen LogP contribution in [0.2, 0.25) is 0 Å². The van der Waals surface area contributed by atoms with Crippen molar-refractivity contribution in [3.63, 3.8) is 0 Å². The summed E-state index contributed by atoms with van der Waals surface area (Å²) >= 11 is 0. The molecule has 2 aromatic carbocycles. The average Bonchev–Trinajstić information content (AvgIpc) is 3.04. The molecule has 1 aliphatic heterocycles. The molecule has 158 valence electrons. The van der Waals surface area contributed by atoms with Gasteiger partial charge in [0.25, 0.3) is 5.91 Å². The summed E-state index contributed by atoms with van der Waals surface area (Å²) in [4.78, 5) is 38.2. The van der Waals surface area contributed by atoms with Gasteiger partial charge in [0.05, 0.1) is 11.3 Å². The third kappa shape index (κ3) is 3.99. The van der Waals surface area contributed by atoms with Gasteiger partial charge in [-0.3, -0.25) is 19.3 Å². The molecule has 1 fully saturated rings. The number of nitrogens with zero attached hydrogens (tertiary/aromatic N) is 2. The maximum atomic E-state index is 13.3. The molecule has 1 aliphatic rings. The maximum Gasteiger partial charge on any atom is 0.257 e. The molecule has 6 nitrogen and oxygen atoms in total. The van der Waals surface area contributed by atoms with E-state index in [2.05, 4.69) is 5.32 Å². The number of aromatic nitrogens is 1. The molecule has 1 aromatic heterocycles. The van der Waals surface area contributed by atoms with Crippen molar-refractivity contribution in [1.82, 2.24) is 4.57 Å². The molecule has 0 aliphatic carbocycles. The van der Waals surface area contributed by atoms with E-state index < -0.39 is 0 Å². The zero-order chi connectivity index (χ0) is 22.1. The van der Waals surface area contributed by atoms with Gasteiger partial charge in [0, 0.05) is 35.6 Å². The Morgan fingerprint density at radius 2 is 1.48 bits per heavy atom. The minimum absolute atomic E-state index is 0.207. The van der Waals surface area contributed by atoms with Crippen LogP contribution in [0.5, 0.6) is 0 Å². The van der Waals surface area contributed by atoms with Gasteiger partial charge in [-0.25, -0.2) is 4.39 Å². The number of halogens is 1. The third-order valence-corrected chi connectivity index (χ3v) is 5.42. The summed E-state index contributed by atoms with van der Waals surface area (Å²) in [6.07, 6.45) is 1.29. The molecule has 0 spiro atoms. The largest absolute Gasteiger partial charge is 0.322 e. The zero-order valence-corrected chi connectivity index (χ0v) is 17.3. The number of aryl methyl sites for hydroxylation is 1. The molecule has 0 bridgehead atoms. The number of imide groups is 1. The molecule has 4 rings (SSSR count). The average molecular weight is 419 g/mol. The van der Waals surface area contributed by atoms with Gasteiger partial charge < -0.3 is 9.88 Å². The first-order chi connectivity index (χ1) is 14.8. The Balaban J connectivity index is 1.54. The molecule has 0 unspecified atom stereocenters. The van der Waals surface area contributed by atoms with E-state index in [1.807, 2.05) is 18.4 Å². The topological polar surface area (TPSA) is 71.4 Å². The molecule has 7 heteroatoms. The SMILES string of the molecule is Cc1cc(C(=O)Nc2ccc(N3C(=O)CCCC3=O)cc2)c(C)n1-c1ccc(F)cc1. The third-order valence-electron chi connectivity index (χ3n) is 5.42. The second-order valence-corrected chi connectivity index (χ2v) is 7.57. The van der Waals surface area contributed by atoms with E-state index in [1.54, 1.807) is 42.5 Å². The van der Waals surface area contributed by atoms with Crippen molar-refractivity contribution >= 4 is 29.1 Å². The lowest BCUT2D eigenvalue weighted by Crippen LogP contribution is -2.40. The number of benzene rings is 2. The molecule has 0 atom stereocenters. The molecule has 3 aromatic rings. The number of piperidine rings is 1. The first-order valence-corrected chi connectivity index (χ1v) is 10.1. The fraction of sp³-hybridized carbons (Fsp3) is 0.208. The van der Waals surface area contributed by atoms with Gasteiger partial charge in [0.2, 0.25) is 11.8 Å². The van der Waals surface area contributed by atoms with Crippen LogP contribution >= 0.6 is 0 Å². The van der Waals surface area contributed by atoms with Gasteiger partial charge in [-0.1, -0.05) is 0 Å². The van der Waals surface area contributed by atoms with E-state index in [0.717, 1.165) is 17.1 Å². The van der Waals surface area contributed by atoms with Crippen LogP contribution in [0.1, 0.15) is 41.0 Å². The van der Waals surface area contributed by atoms with Crippen molar-refractivity contribution in [1.29, 1.82) is 0 Å². The minimum atomic E-state index is -0.319. The normalized spacial score (nSPS) is 14.1. The Morgan fingerprint density at radius 3 is 2.10 bits per heavy atom. The summed E-state index contributed by atoms with van der Waals surface area (Å²) in [5.41, 5.74) is 3.93. The summed E-state index contributed by atoms with van der Waals surface area (Å²) in [5.74, 6) is -1.01. The monoisotopic (exact) mass is 419 g/mol. The Kier molecular flexibility index (Phi) is 5.42. The van der Waals surface area contributed by atoms with Gasteiger partial charge in [-0.2, -0.15) is 0 Å². The molecule has 2 heterocycles. The fourth-order valence-corrected chi connectivity index (χ4v) is 3.91. The highest BCUT2D eigenvalue weighted by atomic mass is 19.1. The highest BCUT2D eigenvalue weighted by molar-refractivity contribution is 6.16. The van der Waals surface area contributed by atoms with Crippen LogP contribution in [0.25, 0.3) is 5.69 Å². The summed E-state index contributed by atoms with van der Waals surface area (Å²) in [6, 6.07) is 14.5. The van der Waals surface area contributed by atoms with Crippen molar-refractivity contribution < 1.29 is 18.8 Å². The lowest BCUT2D eigenvalue weighted by Gasteiger charge is -2.24. The lowest BCUT2D eigenvalue weighted by molar-refractivity contribution is -0.129. The predicted molar refractivity (Wildman–Crippen MR) is 116 cm³/mol. The van der Waals surface area contributed by atoms with E-state index >= 15 is 0 Å². The van der Waals surface area contributed by atoms with Gasteiger partial charge in [-0.05, 0) is 74.9 Å². The Labute approximate surface area is 179 Å². The summed E-state index contributed by atoms with van der Waals surface area (Å²) in [5, 5.41) is 2.85. The smallest absolute Gasteiger partial charge is 0.257 e. The van der Waals surface area contributed by atoms with E-state index in [1.165, 1.54) is 17.0 Å². The quantitative estimate of drug-likeness (QED) is 0.632. The molecule has 0 radical (unpaired) electrons. The predicted octanol–water partition coefficient (Wildman–Crippen LogP) is 4.53. The van der Waals surface area contributed by atoms with Crippen LogP contribution < -0.4 is 10.2 Å². The van der Waals surface area contributed by atoms with Crippen LogP contribution in [-0.2, 0) is 9.59 Å². The van der Waals surface area contributed by atoms with E-state index in [9.17, 15) is 18.8 Å². The fourth-order valence-electron chi connectivity index (χ4n) is 3.91. The number of rotatable bonds is 4. The molecular weight excluding hydrogens is 397 g/mol. The van der Waals surface area contributed by atoms with E-state index in [4.69, 9.17) is 0 Å². The molecule has 0 saturated carbocycles. The number of anilines is 2. The number of amides is 3. The molecule has 3 amide bonds. The van der Waals surface area contributed by atoms with E-state index in [0.29, 0.717) is 36.2 Å². The van der Waals surface area contributed by atoms with E-state index in [-0.39, 0.29) is 23.5 Å². The van der Waals surface area contributed by atoms with Crippen LogP contribution in [0.4, 0.5) is 15.8 Å².